The van der Waals surface area contributed by atoms with Crippen LogP contribution in [0.5, 0.6) is 0 Å². The molecule has 0 unspecified atom stereocenters. The van der Waals surface area contributed by atoms with Gasteiger partial charge in [0.05, 0.1) is 17.8 Å². The molecule has 8 heteroatoms. The van der Waals surface area contributed by atoms with Gasteiger partial charge in [-0.2, -0.15) is 0 Å². The highest BCUT2D eigenvalue weighted by molar-refractivity contribution is 6.76. The Bertz CT molecular complexity index is 964. The van der Waals surface area contributed by atoms with Crippen LogP contribution in [-0.4, -0.2) is 44.9 Å². The molecule has 1 aliphatic heterocycles. The van der Waals surface area contributed by atoms with Crippen molar-refractivity contribution >= 4 is 30.6 Å². The van der Waals surface area contributed by atoms with E-state index in [9.17, 15) is 14.0 Å². The van der Waals surface area contributed by atoms with E-state index in [4.69, 9.17) is 9.47 Å². The first-order valence-corrected chi connectivity index (χ1v) is 13.8. The summed E-state index contributed by atoms with van der Waals surface area (Å²) in [5, 5.41) is 0.158. The Labute approximate surface area is 171 Å². The SMILES string of the molecule is CCOC(=O)c1cn(COCC[Si](C)(C)C)c2cc(N3CCC3)c(F)cc2c1=O. The Morgan fingerprint density at radius 3 is 2.55 bits per heavy atom. The Morgan fingerprint density at radius 2 is 1.97 bits per heavy atom. The van der Waals surface area contributed by atoms with Crippen LogP contribution in [0.1, 0.15) is 23.7 Å². The lowest BCUT2D eigenvalue weighted by molar-refractivity contribution is 0.0521. The molecule has 6 nitrogen and oxygen atoms in total. The molecule has 0 saturated carbocycles. The number of aromatic nitrogens is 1. The number of carbonyl (C=O) groups excluding carboxylic acids is 1. The van der Waals surface area contributed by atoms with Gasteiger partial charge in [0.1, 0.15) is 18.1 Å². The minimum absolute atomic E-state index is 0.107. The second-order valence-corrected chi connectivity index (χ2v) is 14.2. The molecule has 1 fully saturated rings. The van der Waals surface area contributed by atoms with Gasteiger partial charge in [-0.05, 0) is 31.5 Å². The summed E-state index contributed by atoms with van der Waals surface area (Å²) in [6.07, 6.45) is 2.49. The van der Waals surface area contributed by atoms with E-state index in [0.29, 0.717) is 17.8 Å². The number of carbonyl (C=O) groups is 1. The summed E-state index contributed by atoms with van der Waals surface area (Å²) >= 11 is 0. The van der Waals surface area contributed by atoms with E-state index in [1.807, 2.05) is 4.90 Å². The molecule has 1 saturated heterocycles. The third-order valence-corrected chi connectivity index (χ3v) is 6.77. The van der Waals surface area contributed by atoms with E-state index in [1.165, 1.54) is 12.3 Å². The van der Waals surface area contributed by atoms with Crippen molar-refractivity contribution in [2.75, 3.05) is 31.2 Å². The van der Waals surface area contributed by atoms with Crippen LogP contribution in [0, 0.1) is 5.82 Å². The van der Waals surface area contributed by atoms with Crippen molar-refractivity contribution in [2.24, 2.45) is 0 Å². The van der Waals surface area contributed by atoms with E-state index in [1.54, 1.807) is 17.6 Å². The molecule has 3 rings (SSSR count). The summed E-state index contributed by atoms with van der Waals surface area (Å²) in [7, 11) is -1.24. The largest absolute Gasteiger partial charge is 0.462 e. The second kappa shape index (κ2) is 8.67. The first kappa shape index (κ1) is 21.5. The standard InChI is InChI=1S/C21H29FN2O4Si/c1-5-28-21(26)16-13-24(14-27-9-10-29(2,3)4)18-12-19(23-7-6-8-23)17(22)11-15(18)20(16)25/h11-13H,5-10,14H2,1-4H3. The Kier molecular flexibility index (Phi) is 6.43. The van der Waals surface area contributed by atoms with Crippen LogP contribution < -0.4 is 10.3 Å². The van der Waals surface area contributed by atoms with E-state index < -0.39 is 25.3 Å². The predicted molar refractivity (Wildman–Crippen MR) is 115 cm³/mol. The summed E-state index contributed by atoms with van der Waals surface area (Å²) < 4.78 is 27.3. The molecule has 1 aromatic heterocycles. The van der Waals surface area contributed by atoms with E-state index in [-0.39, 0.29) is 24.3 Å². The van der Waals surface area contributed by atoms with Gasteiger partial charge < -0.3 is 18.9 Å². The number of fused-ring (bicyclic) bond motifs is 1. The van der Waals surface area contributed by atoms with Gasteiger partial charge in [0, 0.05) is 39.4 Å². The van der Waals surface area contributed by atoms with Crippen molar-refractivity contribution < 1.29 is 18.7 Å². The van der Waals surface area contributed by atoms with Crippen molar-refractivity contribution in [1.82, 2.24) is 4.57 Å². The van der Waals surface area contributed by atoms with E-state index in [0.717, 1.165) is 25.6 Å². The molecule has 0 radical (unpaired) electrons. The fourth-order valence-corrected chi connectivity index (χ4v) is 3.96. The van der Waals surface area contributed by atoms with Gasteiger partial charge in [-0.1, -0.05) is 19.6 Å². The molecule has 2 heterocycles. The molecule has 0 spiro atoms. The minimum Gasteiger partial charge on any atom is -0.462 e. The molecular formula is C21H29FN2O4Si. The minimum atomic E-state index is -1.24. The molecule has 0 bridgehead atoms. The molecule has 0 atom stereocenters. The Balaban J connectivity index is 2.02. The van der Waals surface area contributed by atoms with Gasteiger partial charge in [-0.25, -0.2) is 9.18 Å². The summed E-state index contributed by atoms with van der Waals surface area (Å²) in [6, 6.07) is 3.91. The van der Waals surface area contributed by atoms with Gasteiger partial charge >= 0.3 is 5.97 Å². The Hall–Kier alpha value is -2.19. The molecule has 0 aliphatic carbocycles. The van der Waals surface area contributed by atoms with Gasteiger partial charge in [0.2, 0.25) is 5.43 Å². The Morgan fingerprint density at radius 1 is 1.24 bits per heavy atom. The number of hydrogen-bond donors (Lipinski definition) is 0. The monoisotopic (exact) mass is 420 g/mol. The topological polar surface area (TPSA) is 60.8 Å². The number of hydrogen-bond acceptors (Lipinski definition) is 5. The van der Waals surface area contributed by atoms with Gasteiger partial charge in [0.25, 0.3) is 0 Å². The molecule has 2 aromatic rings. The number of esters is 1. The zero-order valence-corrected chi connectivity index (χ0v) is 18.6. The second-order valence-electron chi connectivity index (χ2n) is 8.57. The molecule has 29 heavy (non-hydrogen) atoms. The number of halogens is 1. The highest BCUT2D eigenvalue weighted by Crippen LogP contribution is 2.28. The fraction of sp³-hybridized carbons (Fsp3) is 0.524. The van der Waals surface area contributed by atoms with Crippen molar-refractivity contribution in [3.63, 3.8) is 0 Å². The normalized spacial score (nSPS) is 14.2. The van der Waals surface area contributed by atoms with Crippen LogP contribution in [0.4, 0.5) is 10.1 Å². The van der Waals surface area contributed by atoms with E-state index in [2.05, 4.69) is 19.6 Å². The first-order chi connectivity index (χ1) is 13.7. The zero-order chi connectivity index (χ0) is 21.2. The van der Waals surface area contributed by atoms with Crippen LogP contribution in [0.25, 0.3) is 10.9 Å². The van der Waals surface area contributed by atoms with Crippen LogP contribution >= 0.6 is 0 Å². The summed E-state index contributed by atoms with van der Waals surface area (Å²) in [5.74, 6) is -1.16. The van der Waals surface area contributed by atoms with Crippen molar-refractivity contribution in [3.05, 3.63) is 39.9 Å². The number of benzene rings is 1. The van der Waals surface area contributed by atoms with Crippen LogP contribution in [0.15, 0.2) is 23.1 Å². The fourth-order valence-electron chi connectivity index (χ4n) is 3.20. The highest BCUT2D eigenvalue weighted by Gasteiger charge is 2.23. The maximum atomic E-state index is 14.7. The third kappa shape index (κ3) is 4.87. The maximum absolute atomic E-state index is 14.7. The quantitative estimate of drug-likeness (QED) is 0.369. The summed E-state index contributed by atoms with van der Waals surface area (Å²) in [5.41, 5.74) is 0.400. The smallest absolute Gasteiger partial charge is 0.343 e. The molecule has 0 amide bonds. The van der Waals surface area contributed by atoms with Crippen LogP contribution in [-0.2, 0) is 16.2 Å². The summed E-state index contributed by atoms with van der Waals surface area (Å²) in [6.45, 7) is 11.0. The molecule has 158 valence electrons. The first-order valence-electron chi connectivity index (χ1n) is 10.1. The lowest BCUT2D eigenvalue weighted by Gasteiger charge is -2.33. The average molecular weight is 421 g/mol. The molecular weight excluding hydrogens is 391 g/mol. The number of rotatable bonds is 8. The van der Waals surface area contributed by atoms with Crippen LogP contribution in [0.3, 0.4) is 0 Å². The molecule has 0 N–H and O–H groups in total. The van der Waals surface area contributed by atoms with Crippen molar-refractivity contribution in [1.29, 1.82) is 0 Å². The zero-order valence-electron chi connectivity index (χ0n) is 17.6. The lowest BCUT2D eigenvalue weighted by Crippen LogP contribution is -2.37. The number of anilines is 1. The number of pyridine rings is 1. The van der Waals surface area contributed by atoms with Gasteiger partial charge in [-0.3, -0.25) is 4.79 Å². The number of ether oxygens (including phenoxy) is 2. The molecule has 1 aromatic carbocycles. The van der Waals surface area contributed by atoms with Crippen LogP contribution in [0.2, 0.25) is 25.7 Å². The van der Waals surface area contributed by atoms with E-state index >= 15 is 0 Å². The maximum Gasteiger partial charge on any atom is 0.343 e. The third-order valence-electron chi connectivity index (χ3n) is 5.07. The van der Waals surface area contributed by atoms with Gasteiger partial charge in [-0.15, -0.1) is 0 Å². The average Bonchev–Trinajstić information content (AvgIpc) is 2.59. The van der Waals surface area contributed by atoms with Crippen molar-refractivity contribution in [2.45, 2.75) is 45.8 Å². The van der Waals surface area contributed by atoms with Crippen molar-refractivity contribution in [3.8, 4) is 0 Å². The molecule has 1 aliphatic rings. The lowest BCUT2D eigenvalue weighted by atomic mass is 10.1. The number of nitrogens with zero attached hydrogens (tertiary/aromatic N) is 2. The highest BCUT2D eigenvalue weighted by atomic mass is 28.3. The van der Waals surface area contributed by atoms with Gasteiger partial charge in [0.15, 0.2) is 0 Å². The predicted octanol–water partition coefficient (Wildman–Crippen LogP) is 3.84. The summed E-state index contributed by atoms with van der Waals surface area (Å²) in [4.78, 5) is 27.1.